The molecule has 1 nitrogen and oxygen atoms in total. The second kappa shape index (κ2) is 4.99. The molecular weight excluding hydrogens is 230 g/mol. The van der Waals surface area contributed by atoms with Gasteiger partial charge in [0, 0.05) is 17.1 Å². The first-order valence-electron chi connectivity index (χ1n) is 6.80. The maximum atomic E-state index is 5.90. The summed E-state index contributed by atoms with van der Waals surface area (Å²) < 4.78 is 0. The van der Waals surface area contributed by atoms with E-state index in [0.717, 1.165) is 23.0 Å². The summed E-state index contributed by atoms with van der Waals surface area (Å²) in [7, 11) is 0. The molecule has 2 bridgehead atoms. The molecular formula is C15H20ClN. The zero-order chi connectivity index (χ0) is 11.7. The molecule has 1 N–H and O–H groups in total. The molecule has 17 heavy (non-hydrogen) atoms. The van der Waals surface area contributed by atoms with Gasteiger partial charge in [0.25, 0.3) is 0 Å². The van der Waals surface area contributed by atoms with Gasteiger partial charge >= 0.3 is 0 Å². The summed E-state index contributed by atoms with van der Waals surface area (Å²) in [5.74, 6) is 0.935. The van der Waals surface area contributed by atoms with Crippen molar-refractivity contribution in [3.05, 3.63) is 34.9 Å². The van der Waals surface area contributed by atoms with Crippen LogP contribution < -0.4 is 5.32 Å². The van der Waals surface area contributed by atoms with E-state index in [2.05, 4.69) is 17.4 Å². The van der Waals surface area contributed by atoms with Gasteiger partial charge in [0.05, 0.1) is 0 Å². The number of piperidine rings is 1. The van der Waals surface area contributed by atoms with Gasteiger partial charge in [0.1, 0.15) is 0 Å². The third-order valence-corrected chi connectivity index (χ3v) is 4.58. The summed E-state index contributed by atoms with van der Waals surface area (Å²) >= 11 is 5.90. The van der Waals surface area contributed by atoms with Crippen LogP contribution in [0.1, 0.15) is 37.7 Å². The van der Waals surface area contributed by atoms with Crippen molar-refractivity contribution in [2.24, 2.45) is 5.92 Å². The maximum absolute atomic E-state index is 5.90. The average molecular weight is 250 g/mol. The van der Waals surface area contributed by atoms with Gasteiger partial charge in [-0.25, -0.2) is 0 Å². The molecule has 0 saturated carbocycles. The summed E-state index contributed by atoms with van der Waals surface area (Å²) in [6, 6.07) is 9.98. The Hall–Kier alpha value is -0.530. The number of rotatable bonds is 3. The van der Waals surface area contributed by atoms with E-state index in [1.165, 1.54) is 44.1 Å². The molecule has 2 heterocycles. The first kappa shape index (κ1) is 11.6. The fourth-order valence-corrected chi connectivity index (χ4v) is 3.56. The molecule has 0 spiro atoms. The SMILES string of the molecule is Clc1ccc(CCC2C[C@H]3CC[C@@H](C2)N3)cc1. The van der Waals surface area contributed by atoms with E-state index in [1.807, 2.05) is 12.1 Å². The topological polar surface area (TPSA) is 12.0 Å². The van der Waals surface area contributed by atoms with E-state index in [0.29, 0.717) is 0 Å². The molecule has 0 aromatic heterocycles. The highest BCUT2D eigenvalue weighted by Crippen LogP contribution is 2.33. The highest BCUT2D eigenvalue weighted by Gasteiger charge is 2.32. The minimum atomic E-state index is 0.823. The normalized spacial score (nSPS) is 31.7. The Morgan fingerprint density at radius 2 is 1.71 bits per heavy atom. The van der Waals surface area contributed by atoms with Gasteiger partial charge in [-0.1, -0.05) is 23.7 Å². The maximum Gasteiger partial charge on any atom is 0.0406 e. The molecule has 3 rings (SSSR count). The predicted octanol–water partition coefficient (Wildman–Crippen LogP) is 3.80. The summed E-state index contributed by atoms with van der Waals surface area (Å²) in [6.07, 6.45) is 8.15. The fourth-order valence-electron chi connectivity index (χ4n) is 3.43. The molecule has 1 aromatic rings. The van der Waals surface area contributed by atoms with Crippen LogP contribution in [0, 0.1) is 5.92 Å². The lowest BCUT2D eigenvalue weighted by atomic mass is 9.87. The molecule has 1 aromatic carbocycles. The van der Waals surface area contributed by atoms with Crippen LogP contribution in [0.15, 0.2) is 24.3 Å². The van der Waals surface area contributed by atoms with Crippen molar-refractivity contribution < 1.29 is 0 Å². The molecule has 2 saturated heterocycles. The van der Waals surface area contributed by atoms with Gasteiger partial charge in [-0.15, -0.1) is 0 Å². The first-order chi connectivity index (χ1) is 8.29. The zero-order valence-corrected chi connectivity index (χ0v) is 10.9. The Bertz CT molecular complexity index is 361. The summed E-state index contributed by atoms with van der Waals surface area (Å²) in [5, 5.41) is 4.55. The Morgan fingerprint density at radius 3 is 2.35 bits per heavy atom. The first-order valence-corrected chi connectivity index (χ1v) is 7.18. The number of hydrogen-bond donors (Lipinski definition) is 1. The van der Waals surface area contributed by atoms with Crippen molar-refractivity contribution >= 4 is 11.6 Å². The molecule has 1 unspecified atom stereocenters. The van der Waals surface area contributed by atoms with Crippen LogP contribution in [0.5, 0.6) is 0 Å². The minimum absolute atomic E-state index is 0.823. The molecule has 0 radical (unpaired) electrons. The van der Waals surface area contributed by atoms with Gasteiger partial charge in [0.15, 0.2) is 0 Å². The number of aryl methyl sites for hydroxylation is 1. The highest BCUT2D eigenvalue weighted by molar-refractivity contribution is 6.30. The largest absolute Gasteiger partial charge is 0.311 e. The monoisotopic (exact) mass is 249 g/mol. The van der Waals surface area contributed by atoms with Gasteiger partial charge < -0.3 is 5.32 Å². The van der Waals surface area contributed by atoms with E-state index in [-0.39, 0.29) is 0 Å². The lowest BCUT2D eigenvalue weighted by Gasteiger charge is -2.29. The van der Waals surface area contributed by atoms with Crippen LogP contribution in [0.2, 0.25) is 5.02 Å². The zero-order valence-electron chi connectivity index (χ0n) is 10.2. The van der Waals surface area contributed by atoms with Crippen molar-refractivity contribution in [1.82, 2.24) is 5.32 Å². The van der Waals surface area contributed by atoms with Crippen LogP contribution in [-0.4, -0.2) is 12.1 Å². The third kappa shape index (κ3) is 2.83. The molecule has 2 fully saturated rings. The summed E-state index contributed by atoms with van der Waals surface area (Å²) in [5.41, 5.74) is 1.43. The van der Waals surface area contributed by atoms with Gasteiger partial charge in [0.2, 0.25) is 0 Å². The Kier molecular flexibility index (Phi) is 3.39. The van der Waals surface area contributed by atoms with Crippen molar-refractivity contribution in [3.8, 4) is 0 Å². The molecule has 2 aliphatic heterocycles. The molecule has 0 aliphatic carbocycles. The van der Waals surface area contributed by atoms with Crippen LogP contribution in [0.25, 0.3) is 0 Å². The smallest absolute Gasteiger partial charge is 0.0406 e. The van der Waals surface area contributed by atoms with Crippen LogP contribution in [0.4, 0.5) is 0 Å². The number of halogens is 1. The molecule has 2 heteroatoms. The van der Waals surface area contributed by atoms with E-state index in [4.69, 9.17) is 11.6 Å². The van der Waals surface area contributed by atoms with Gasteiger partial charge in [-0.3, -0.25) is 0 Å². The highest BCUT2D eigenvalue weighted by atomic mass is 35.5. The molecule has 2 aliphatic rings. The lowest BCUT2D eigenvalue weighted by Crippen LogP contribution is -2.38. The molecule has 92 valence electrons. The van der Waals surface area contributed by atoms with E-state index in [1.54, 1.807) is 0 Å². The average Bonchev–Trinajstić information content (AvgIpc) is 2.68. The Labute approximate surface area is 109 Å². The lowest BCUT2D eigenvalue weighted by molar-refractivity contribution is 0.286. The standard InChI is InChI=1S/C15H20ClN/c16-13-5-3-11(4-6-13)1-2-12-9-14-7-8-15(10-12)17-14/h3-6,12,14-15,17H,1-2,7-10H2/t12?,14-,15+. The third-order valence-electron chi connectivity index (χ3n) is 4.33. The second-order valence-electron chi connectivity index (χ2n) is 5.64. The van der Waals surface area contributed by atoms with Crippen molar-refractivity contribution in [2.75, 3.05) is 0 Å². The van der Waals surface area contributed by atoms with Gasteiger partial charge in [-0.05, 0) is 62.1 Å². The minimum Gasteiger partial charge on any atom is -0.311 e. The number of hydrogen-bond acceptors (Lipinski definition) is 1. The quantitative estimate of drug-likeness (QED) is 0.859. The summed E-state index contributed by atoms with van der Waals surface area (Å²) in [6.45, 7) is 0. The van der Waals surface area contributed by atoms with E-state index in [9.17, 15) is 0 Å². The van der Waals surface area contributed by atoms with Crippen molar-refractivity contribution in [1.29, 1.82) is 0 Å². The summed E-state index contributed by atoms with van der Waals surface area (Å²) in [4.78, 5) is 0. The van der Waals surface area contributed by atoms with Crippen molar-refractivity contribution in [2.45, 2.75) is 50.6 Å². The Morgan fingerprint density at radius 1 is 1.06 bits per heavy atom. The van der Waals surface area contributed by atoms with Crippen LogP contribution >= 0.6 is 11.6 Å². The number of fused-ring (bicyclic) bond motifs is 2. The fraction of sp³-hybridized carbons (Fsp3) is 0.600. The number of benzene rings is 1. The van der Waals surface area contributed by atoms with E-state index < -0.39 is 0 Å². The second-order valence-corrected chi connectivity index (χ2v) is 6.08. The Balaban J connectivity index is 1.52. The van der Waals surface area contributed by atoms with Crippen LogP contribution in [0.3, 0.4) is 0 Å². The van der Waals surface area contributed by atoms with Crippen molar-refractivity contribution in [3.63, 3.8) is 0 Å². The van der Waals surface area contributed by atoms with Gasteiger partial charge in [-0.2, -0.15) is 0 Å². The molecule has 0 amide bonds. The molecule has 3 atom stereocenters. The van der Waals surface area contributed by atoms with Crippen LogP contribution in [-0.2, 0) is 6.42 Å². The van der Waals surface area contributed by atoms with E-state index >= 15 is 0 Å². The predicted molar refractivity (Wildman–Crippen MR) is 72.4 cm³/mol. The number of nitrogens with one attached hydrogen (secondary N) is 1.